The van der Waals surface area contributed by atoms with E-state index in [0.717, 1.165) is 37.2 Å². The van der Waals surface area contributed by atoms with Crippen LogP contribution < -0.4 is 0 Å². The Hall–Kier alpha value is -0.970. The van der Waals surface area contributed by atoms with Crippen LogP contribution in [-0.2, 0) is 6.42 Å². The Labute approximate surface area is 121 Å². The van der Waals surface area contributed by atoms with Crippen LogP contribution in [0.4, 0.5) is 4.39 Å². The molecule has 0 spiro atoms. The normalized spacial score (nSPS) is 22.9. The SMILES string of the molecule is Cc1ccc(F)cc1CC(O)CC1CN(C)CCN1C. The highest BCUT2D eigenvalue weighted by molar-refractivity contribution is 5.27. The Morgan fingerprint density at radius 3 is 2.85 bits per heavy atom. The number of aliphatic hydroxyl groups excluding tert-OH is 1. The molecule has 2 atom stereocenters. The van der Waals surface area contributed by atoms with Gasteiger partial charge in [0.1, 0.15) is 5.82 Å². The van der Waals surface area contributed by atoms with Gasteiger partial charge in [-0.25, -0.2) is 4.39 Å². The first-order valence-electron chi connectivity index (χ1n) is 7.27. The van der Waals surface area contributed by atoms with Crippen molar-refractivity contribution in [2.24, 2.45) is 0 Å². The lowest BCUT2D eigenvalue weighted by atomic mass is 9.97. The highest BCUT2D eigenvalue weighted by atomic mass is 19.1. The zero-order valence-electron chi connectivity index (χ0n) is 12.6. The van der Waals surface area contributed by atoms with Crippen LogP contribution >= 0.6 is 0 Å². The number of piperazine rings is 1. The molecule has 4 heteroatoms. The second-order valence-electron chi connectivity index (χ2n) is 6.06. The summed E-state index contributed by atoms with van der Waals surface area (Å²) in [6, 6.07) is 5.15. The van der Waals surface area contributed by atoms with E-state index < -0.39 is 6.10 Å². The molecule has 20 heavy (non-hydrogen) atoms. The lowest BCUT2D eigenvalue weighted by Gasteiger charge is -2.38. The number of hydrogen-bond acceptors (Lipinski definition) is 3. The number of benzene rings is 1. The summed E-state index contributed by atoms with van der Waals surface area (Å²) in [6.07, 6.45) is 0.837. The van der Waals surface area contributed by atoms with Gasteiger partial charge in [0.2, 0.25) is 0 Å². The van der Waals surface area contributed by atoms with Crippen LogP contribution in [0.3, 0.4) is 0 Å². The van der Waals surface area contributed by atoms with Gasteiger partial charge in [-0.1, -0.05) is 6.07 Å². The fourth-order valence-electron chi connectivity index (χ4n) is 2.87. The predicted octanol–water partition coefficient (Wildman–Crippen LogP) is 1.67. The van der Waals surface area contributed by atoms with E-state index in [0.29, 0.717) is 12.5 Å². The molecular weight excluding hydrogens is 255 g/mol. The first-order chi connectivity index (χ1) is 9.45. The molecular formula is C16H25FN2O. The van der Waals surface area contributed by atoms with Gasteiger partial charge < -0.3 is 14.9 Å². The minimum Gasteiger partial charge on any atom is -0.393 e. The summed E-state index contributed by atoms with van der Waals surface area (Å²) < 4.78 is 13.3. The first kappa shape index (κ1) is 15.4. The van der Waals surface area contributed by atoms with Gasteiger partial charge in [-0.3, -0.25) is 0 Å². The van der Waals surface area contributed by atoms with Crippen molar-refractivity contribution in [1.82, 2.24) is 9.80 Å². The van der Waals surface area contributed by atoms with E-state index >= 15 is 0 Å². The highest BCUT2D eigenvalue weighted by Crippen LogP contribution is 2.17. The van der Waals surface area contributed by atoms with Gasteiger partial charge in [-0.05, 0) is 57.1 Å². The average molecular weight is 280 g/mol. The lowest BCUT2D eigenvalue weighted by Crippen LogP contribution is -2.51. The van der Waals surface area contributed by atoms with E-state index in [2.05, 4.69) is 23.9 Å². The fraction of sp³-hybridized carbons (Fsp3) is 0.625. The maximum Gasteiger partial charge on any atom is 0.123 e. The Morgan fingerprint density at radius 1 is 1.35 bits per heavy atom. The van der Waals surface area contributed by atoms with Crippen LogP contribution in [0.25, 0.3) is 0 Å². The van der Waals surface area contributed by atoms with Crippen LogP contribution in [0.5, 0.6) is 0 Å². The average Bonchev–Trinajstić information content (AvgIpc) is 2.38. The van der Waals surface area contributed by atoms with Crippen LogP contribution in [0, 0.1) is 12.7 Å². The quantitative estimate of drug-likeness (QED) is 0.909. The van der Waals surface area contributed by atoms with Crippen LogP contribution in [0.2, 0.25) is 0 Å². The molecule has 0 aromatic heterocycles. The minimum atomic E-state index is -0.422. The molecule has 1 heterocycles. The number of aryl methyl sites for hydroxylation is 1. The van der Waals surface area contributed by atoms with E-state index in [-0.39, 0.29) is 5.82 Å². The third-order valence-corrected chi connectivity index (χ3v) is 4.29. The molecule has 3 nitrogen and oxygen atoms in total. The van der Waals surface area contributed by atoms with Gasteiger partial charge in [-0.15, -0.1) is 0 Å². The van der Waals surface area contributed by atoms with Gasteiger partial charge in [0.05, 0.1) is 6.10 Å². The van der Waals surface area contributed by atoms with Gasteiger partial charge in [0.15, 0.2) is 0 Å². The van der Waals surface area contributed by atoms with Crippen LogP contribution in [-0.4, -0.2) is 60.8 Å². The summed E-state index contributed by atoms with van der Waals surface area (Å²) in [5.41, 5.74) is 1.95. The van der Waals surface area contributed by atoms with Crippen molar-refractivity contribution >= 4 is 0 Å². The fourth-order valence-corrected chi connectivity index (χ4v) is 2.87. The molecule has 1 aliphatic rings. The topological polar surface area (TPSA) is 26.7 Å². The molecule has 0 saturated carbocycles. The molecule has 0 bridgehead atoms. The highest BCUT2D eigenvalue weighted by Gasteiger charge is 2.24. The molecule has 1 aliphatic heterocycles. The van der Waals surface area contributed by atoms with Crippen LogP contribution in [0.15, 0.2) is 18.2 Å². The predicted molar refractivity (Wildman–Crippen MR) is 79.4 cm³/mol. The molecule has 1 aromatic carbocycles. The third kappa shape index (κ3) is 4.01. The molecule has 112 valence electrons. The van der Waals surface area contributed by atoms with E-state index in [1.54, 1.807) is 6.07 Å². The smallest absolute Gasteiger partial charge is 0.123 e. The summed E-state index contributed by atoms with van der Waals surface area (Å²) in [5.74, 6) is -0.229. The second-order valence-corrected chi connectivity index (χ2v) is 6.06. The molecule has 0 amide bonds. The first-order valence-corrected chi connectivity index (χ1v) is 7.27. The molecule has 2 rings (SSSR count). The number of aliphatic hydroxyl groups is 1. The van der Waals surface area contributed by atoms with E-state index in [9.17, 15) is 9.50 Å². The zero-order valence-corrected chi connectivity index (χ0v) is 12.6. The Morgan fingerprint density at radius 2 is 2.10 bits per heavy atom. The summed E-state index contributed by atoms with van der Waals surface area (Å²) in [5, 5.41) is 10.3. The van der Waals surface area contributed by atoms with Crippen molar-refractivity contribution in [2.75, 3.05) is 33.7 Å². The summed E-state index contributed by atoms with van der Waals surface area (Å²) in [7, 11) is 4.22. The van der Waals surface area contributed by atoms with Crippen LogP contribution in [0.1, 0.15) is 17.5 Å². The third-order valence-electron chi connectivity index (χ3n) is 4.29. The Kier molecular flexibility index (Phi) is 5.13. The van der Waals surface area contributed by atoms with Crippen molar-refractivity contribution in [2.45, 2.75) is 31.9 Å². The monoisotopic (exact) mass is 280 g/mol. The molecule has 1 aromatic rings. The Bertz CT molecular complexity index is 452. The number of nitrogens with zero attached hydrogens (tertiary/aromatic N) is 2. The second kappa shape index (κ2) is 6.66. The number of hydrogen-bond donors (Lipinski definition) is 1. The maximum absolute atomic E-state index is 13.3. The Balaban J connectivity index is 1.94. The largest absolute Gasteiger partial charge is 0.393 e. The van der Waals surface area contributed by atoms with Gasteiger partial charge in [-0.2, -0.15) is 0 Å². The molecule has 2 unspecified atom stereocenters. The van der Waals surface area contributed by atoms with Crippen molar-refractivity contribution in [3.05, 3.63) is 35.1 Å². The van der Waals surface area contributed by atoms with Crippen molar-refractivity contribution < 1.29 is 9.50 Å². The summed E-state index contributed by atoms with van der Waals surface area (Å²) >= 11 is 0. The zero-order chi connectivity index (χ0) is 14.7. The summed E-state index contributed by atoms with van der Waals surface area (Å²) in [4.78, 5) is 4.60. The standard InChI is InChI=1S/C16H25FN2O/c1-12-4-5-14(17)8-13(12)9-16(20)10-15-11-18(2)6-7-19(15)3/h4-5,8,15-16,20H,6-7,9-11H2,1-3H3. The molecule has 1 N–H and O–H groups in total. The van der Waals surface area contributed by atoms with Gasteiger partial charge in [0, 0.05) is 25.7 Å². The van der Waals surface area contributed by atoms with Crippen molar-refractivity contribution in [1.29, 1.82) is 0 Å². The number of likely N-dealkylation sites (N-methyl/N-ethyl adjacent to an activating group) is 2. The van der Waals surface area contributed by atoms with E-state index in [4.69, 9.17) is 0 Å². The minimum absolute atomic E-state index is 0.229. The molecule has 0 aliphatic carbocycles. The maximum atomic E-state index is 13.3. The number of rotatable bonds is 4. The van der Waals surface area contributed by atoms with E-state index in [1.165, 1.54) is 12.1 Å². The van der Waals surface area contributed by atoms with Gasteiger partial charge in [0.25, 0.3) is 0 Å². The molecule has 0 radical (unpaired) electrons. The summed E-state index contributed by atoms with van der Waals surface area (Å²) in [6.45, 7) is 5.05. The van der Waals surface area contributed by atoms with E-state index in [1.807, 2.05) is 6.92 Å². The molecule has 1 saturated heterocycles. The van der Waals surface area contributed by atoms with Crippen molar-refractivity contribution in [3.63, 3.8) is 0 Å². The lowest BCUT2D eigenvalue weighted by molar-refractivity contribution is 0.0638. The van der Waals surface area contributed by atoms with Gasteiger partial charge >= 0.3 is 0 Å². The number of halogens is 1. The van der Waals surface area contributed by atoms with Crippen molar-refractivity contribution in [3.8, 4) is 0 Å². The molecule has 1 fully saturated rings.